The number of nitrogens with two attached hydrogens (primary N) is 1. The molecule has 2 heterocycles. The van der Waals surface area contributed by atoms with Gasteiger partial charge in [0.1, 0.15) is 5.69 Å². The number of halogens is 3. The molecule has 1 aliphatic heterocycles. The number of nitrogens with zero attached hydrogens (tertiary/aromatic N) is 2. The SMILES string of the molecule is CC(N)C1=NC=C(C2c3ccc(C(F)(F)I)nc32)C2C=C12. The summed E-state index contributed by atoms with van der Waals surface area (Å²) in [5.41, 5.74) is 10.7. The monoisotopic (exact) mass is 399 g/mol. The van der Waals surface area contributed by atoms with Crippen molar-refractivity contribution in [1.29, 1.82) is 0 Å². The van der Waals surface area contributed by atoms with Crippen molar-refractivity contribution in [2.45, 2.75) is 22.8 Å². The molecule has 2 N–H and O–H groups in total. The number of hydrogen-bond donors (Lipinski definition) is 1. The first-order chi connectivity index (χ1) is 9.88. The summed E-state index contributed by atoms with van der Waals surface area (Å²) in [6.45, 7) is 1.91. The van der Waals surface area contributed by atoms with Crippen molar-refractivity contribution in [3.05, 3.63) is 52.5 Å². The first-order valence-electron chi connectivity index (χ1n) is 6.71. The Bertz CT molecular complexity index is 744. The van der Waals surface area contributed by atoms with Crippen LogP contribution < -0.4 is 5.73 Å². The van der Waals surface area contributed by atoms with Gasteiger partial charge >= 0.3 is 3.93 Å². The van der Waals surface area contributed by atoms with Crippen LogP contribution in [-0.2, 0) is 3.93 Å². The third-order valence-corrected chi connectivity index (χ3v) is 4.65. The lowest BCUT2D eigenvalue weighted by Crippen LogP contribution is -2.28. The Morgan fingerprint density at radius 3 is 2.81 bits per heavy atom. The molecule has 6 heteroatoms. The first kappa shape index (κ1) is 13.5. The summed E-state index contributed by atoms with van der Waals surface area (Å²) in [4.78, 5) is 8.54. The average Bonchev–Trinajstić information content (AvgIpc) is 3.29. The van der Waals surface area contributed by atoms with Gasteiger partial charge in [-0.25, -0.2) is 4.98 Å². The second-order valence-electron chi connectivity index (χ2n) is 5.63. The Morgan fingerprint density at radius 1 is 1.38 bits per heavy atom. The summed E-state index contributed by atoms with van der Waals surface area (Å²) in [7, 11) is 0. The van der Waals surface area contributed by atoms with E-state index in [1.807, 2.05) is 13.1 Å². The molecule has 0 saturated heterocycles. The number of pyridine rings is 1. The van der Waals surface area contributed by atoms with Gasteiger partial charge in [-0.15, -0.1) is 0 Å². The minimum atomic E-state index is -2.93. The zero-order valence-electron chi connectivity index (χ0n) is 11.1. The van der Waals surface area contributed by atoms with E-state index in [-0.39, 0.29) is 23.6 Å². The van der Waals surface area contributed by atoms with Gasteiger partial charge < -0.3 is 5.73 Å². The van der Waals surface area contributed by atoms with E-state index in [4.69, 9.17) is 5.73 Å². The van der Waals surface area contributed by atoms with Gasteiger partial charge in [-0.3, -0.25) is 4.99 Å². The molecule has 2 aliphatic carbocycles. The second kappa shape index (κ2) is 4.19. The van der Waals surface area contributed by atoms with E-state index in [1.165, 1.54) is 11.6 Å². The maximum absolute atomic E-state index is 13.3. The van der Waals surface area contributed by atoms with E-state index >= 15 is 0 Å². The van der Waals surface area contributed by atoms with Gasteiger partial charge in [0.25, 0.3) is 0 Å². The molecule has 3 atom stereocenters. The Hall–Kier alpha value is -1.15. The lowest BCUT2D eigenvalue weighted by Gasteiger charge is -2.14. The fraction of sp³-hybridized carbons (Fsp3) is 0.333. The highest BCUT2D eigenvalue weighted by molar-refractivity contribution is 14.1. The molecule has 4 rings (SSSR count). The van der Waals surface area contributed by atoms with Crippen molar-refractivity contribution in [1.82, 2.24) is 4.98 Å². The molecular weight excluding hydrogens is 387 g/mol. The van der Waals surface area contributed by atoms with Crippen LogP contribution in [0, 0.1) is 5.92 Å². The Labute approximate surface area is 134 Å². The van der Waals surface area contributed by atoms with Crippen LogP contribution in [0.2, 0.25) is 0 Å². The Balaban J connectivity index is 1.63. The van der Waals surface area contributed by atoms with Crippen LogP contribution in [0.1, 0.15) is 29.8 Å². The first-order valence-corrected chi connectivity index (χ1v) is 7.79. The van der Waals surface area contributed by atoms with Crippen molar-refractivity contribution in [3.63, 3.8) is 0 Å². The minimum Gasteiger partial charge on any atom is -0.323 e. The summed E-state index contributed by atoms with van der Waals surface area (Å²) in [6, 6.07) is 3.08. The zero-order chi connectivity index (χ0) is 14.9. The van der Waals surface area contributed by atoms with E-state index in [0.717, 1.165) is 45.1 Å². The van der Waals surface area contributed by atoms with Gasteiger partial charge in [-0.05, 0) is 29.7 Å². The van der Waals surface area contributed by atoms with Gasteiger partial charge in [-0.1, -0.05) is 12.1 Å². The number of rotatable bonds is 3. The molecule has 0 amide bonds. The maximum Gasteiger partial charge on any atom is 0.337 e. The predicted molar refractivity (Wildman–Crippen MR) is 84.7 cm³/mol. The van der Waals surface area contributed by atoms with Crippen molar-refractivity contribution in [2.75, 3.05) is 0 Å². The molecular formula is C15H12F2IN3. The molecule has 1 aromatic heterocycles. The number of alkyl halides is 3. The quantitative estimate of drug-likeness (QED) is 0.627. The third kappa shape index (κ3) is 2.07. The van der Waals surface area contributed by atoms with Gasteiger partial charge in [0.05, 0.1) is 17.3 Å². The third-order valence-electron chi connectivity index (χ3n) is 4.09. The maximum atomic E-state index is 13.3. The zero-order valence-corrected chi connectivity index (χ0v) is 13.3. The van der Waals surface area contributed by atoms with E-state index in [0.29, 0.717) is 0 Å². The fourth-order valence-corrected chi connectivity index (χ4v) is 3.25. The smallest absolute Gasteiger partial charge is 0.323 e. The molecule has 3 nitrogen and oxygen atoms in total. The van der Waals surface area contributed by atoms with E-state index in [9.17, 15) is 8.78 Å². The van der Waals surface area contributed by atoms with Crippen LogP contribution in [0.15, 0.2) is 40.5 Å². The largest absolute Gasteiger partial charge is 0.337 e. The van der Waals surface area contributed by atoms with Crippen molar-refractivity contribution >= 4 is 28.3 Å². The highest BCUT2D eigenvalue weighted by Crippen LogP contribution is 2.56. The number of fused-ring (bicyclic) bond motifs is 2. The minimum absolute atomic E-state index is 0.0506. The Morgan fingerprint density at radius 2 is 2.14 bits per heavy atom. The summed E-state index contributed by atoms with van der Waals surface area (Å²) < 4.78 is 23.7. The van der Waals surface area contributed by atoms with Crippen LogP contribution >= 0.6 is 22.6 Å². The van der Waals surface area contributed by atoms with Crippen LogP contribution in [0.3, 0.4) is 0 Å². The fourth-order valence-electron chi connectivity index (χ4n) is 2.95. The highest BCUT2D eigenvalue weighted by atomic mass is 127. The lowest BCUT2D eigenvalue weighted by molar-refractivity contribution is 0.122. The molecule has 1 aromatic rings. The van der Waals surface area contributed by atoms with Crippen molar-refractivity contribution in [2.24, 2.45) is 16.6 Å². The molecule has 3 unspecified atom stereocenters. The number of aromatic nitrogens is 1. The van der Waals surface area contributed by atoms with E-state index in [2.05, 4.69) is 16.1 Å². The summed E-state index contributed by atoms with van der Waals surface area (Å²) in [5, 5.41) is 0. The summed E-state index contributed by atoms with van der Waals surface area (Å²) in [6.07, 6.45) is 3.97. The molecule has 0 fully saturated rings. The van der Waals surface area contributed by atoms with E-state index < -0.39 is 3.93 Å². The number of hydrogen-bond acceptors (Lipinski definition) is 3. The normalized spacial score (nSPS) is 27.0. The van der Waals surface area contributed by atoms with E-state index in [1.54, 1.807) is 6.07 Å². The molecule has 21 heavy (non-hydrogen) atoms. The van der Waals surface area contributed by atoms with Crippen molar-refractivity contribution in [3.8, 4) is 0 Å². The van der Waals surface area contributed by atoms with Gasteiger partial charge in [0.15, 0.2) is 0 Å². The molecule has 108 valence electrons. The predicted octanol–water partition coefficient (Wildman–Crippen LogP) is 3.25. The highest BCUT2D eigenvalue weighted by Gasteiger charge is 2.47. The lowest BCUT2D eigenvalue weighted by atomic mass is 9.96. The number of allylic oxidation sites excluding steroid dienone is 2. The average molecular weight is 399 g/mol. The van der Waals surface area contributed by atoms with Crippen LogP contribution in [0.25, 0.3) is 0 Å². The second-order valence-corrected chi connectivity index (χ2v) is 6.99. The van der Waals surface area contributed by atoms with Gasteiger partial charge in [0, 0.05) is 40.8 Å². The molecule has 0 aromatic carbocycles. The van der Waals surface area contributed by atoms with Crippen LogP contribution in [-0.4, -0.2) is 16.7 Å². The van der Waals surface area contributed by atoms with Gasteiger partial charge in [0.2, 0.25) is 0 Å². The Kier molecular flexibility index (Phi) is 2.70. The number of aliphatic imine (C=N–C) groups is 1. The molecule has 0 radical (unpaired) electrons. The topological polar surface area (TPSA) is 51.3 Å². The van der Waals surface area contributed by atoms with Gasteiger partial charge in [-0.2, -0.15) is 8.78 Å². The molecule has 0 spiro atoms. The summed E-state index contributed by atoms with van der Waals surface area (Å²) >= 11 is 1.11. The molecule has 0 bridgehead atoms. The molecule has 3 aliphatic rings. The van der Waals surface area contributed by atoms with Crippen LogP contribution in [0.5, 0.6) is 0 Å². The summed E-state index contributed by atoms with van der Waals surface area (Å²) in [5.74, 6) is 0.320. The van der Waals surface area contributed by atoms with Crippen LogP contribution in [0.4, 0.5) is 8.78 Å². The van der Waals surface area contributed by atoms with Crippen molar-refractivity contribution < 1.29 is 8.78 Å². The standard InChI is InChI=1S/C15H12F2IN3/c1-6(19)13-9-4-8(9)10(5-20-13)12-7-2-3-11(15(16,17)18)21-14(7)12/h2-6,8,12H,19H2,1H3. The molecule has 0 saturated carbocycles.